The summed E-state index contributed by atoms with van der Waals surface area (Å²) in [6.45, 7) is 16.2. The van der Waals surface area contributed by atoms with Gasteiger partial charge in [-0.15, -0.1) is 47.0 Å². The second-order valence-corrected chi connectivity index (χ2v) is 18.1. The summed E-state index contributed by atoms with van der Waals surface area (Å²) in [5, 5.41) is 1.78. The fourth-order valence-corrected chi connectivity index (χ4v) is 13.1. The molecular formula is C28H38O4S6. The summed E-state index contributed by atoms with van der Waals surface area (Å²) in [7, 11) is 0. The van der Waals surface area contributed by atoms with Gasteiger partial charge in [0.25, 0.3) is 0 Å². The Bertz CT molecular complexity index is 892. The lowest BCUT2D eigenvalue weighted by molar-refractivity contribution is -0.139. The lowest BCUT2D eigenvalue weighted by Crippen LogP contribution is -2.17. The number of hydrogen-bond donors (Lipinski definition) is 0. The molecule has 2 heterocycles. The molecule has 210 valence electrons. The second kappa shape index (κ2) is 16.2. The first-order valence-electron chi connectivity index (χ1n) is 12.6. The maximum absolute atomic E-state index is 11.6. The van der Waals surface area contributed by atoms with Gasteiger partial charge in [0.05, 0.1) is 9.16 Å². The molecule has 6 unspecified atom stereocenters. The minimum Gasteiger partial charge on any atom is -0.461 e. The Morgan fingerprint density at radius 3 is 1.53 bits per heavy atom. The van der Waals surface area contributed by atoms with Crippen LogP contribution in [0, 0.1) is 0 Å². The largest absolute Gasteiger partial charge is 0.461 e. The van der Waals surface area contributed by atoms with E-state index >= 15 is 0 Å². The van der Waals surface area contributed by atoms with E-state index in [1.165, 1.54) is 11.1 Å². The van der Waals surface area contributed by atoms with Crippen molar-refractivity contribution in [2.24, 2.45) is 0 Å². The number of rotatable bonds is 14. The number of esters is 2. The molecule has 0 N–H and O–H groups in total. The Kier molecular flexibility index (Phi) is 13.8. The van der Waals surface area contributed by atoms with E-state index in [4.69, 9.17) is 9.47 Å². The van der Waals surface area contributed by atoms with E-state index in [1.807, 2.05) is 70.6 Å². The zero-order chi connectivity index (χ0) is 27.7. The first kappa shape index (κ1) is 32.3. The molecule has 2 aliphatic rings. The predicted octanol–water partition coefficient (Wildman–Crippen LogP) is 7.52. The van der Waals surface area contributed by atoms with E-state index < -0.39 is 0 Å². The van der Waals surface area contributed by atoms with Crippen LogP contribution in [0.4, 0.5) is 0 Å². The van der Waals surface area contributed by atoms with Crippen LogP contribution >= 0.6 is 70.6 Å². The molecule has 0 amide bonds. The van der Waals surface area contributed by atoms with Crippen molar-refractivity contribution in [2.45, 2.75) is 69.4 Å². The highest BCUT2D eigenvalue weighted by atomic mass is 32.2. The average Bonchev–Trinajstić information content (AvgIpc) is 3.58. The SMILES string of the molecule is C=C(C)C(=O)OCC1CSC(C(C)SCc2ccc(CSC(C)C3SCC(COC(=O)C(=C)C)S3)cc2)S1. The molecule has 1 aromatic rings. The fourth-order valence-electron chi connectivity index (χ4n) is 3.54. The Morgan fingerprint density at radius 1 is 0.816 bits per heavy atom. The third-order valence-electron chi connectivity index (χ3n) is 5.86. The van der Waals surface area contributed by atoms with Gasteiger partial charge in [0, 0.05) is 55.2 Å². The maximum atomic E-state index is 11.6. The van der Waals surface area contributed by atoms with Crippen LogP contribution in [0.15, 0.2) is 48.6 Å². The van der Waals surface area contributed by atoms with Crippen molar-refractivity contribution in [3.63, 3.8) is 0 Å². The molecule has 1 aromatic carbocycles. The standard InChI is InChI=1S/C28H38O4S6/c1-17(2)25(29)31-11-23-15-35-27(37-23)19(5)33-13-21-7-9-22(10-8-21)14-34-20(6)28-36-16-24(38-28)12-32-26(30)18(3)4/h7-10,19-20,23-24,27-28H,1,3,11-16H2,2,4-6H3. The third kappa shape index (κ3) is 10.6. The van der Waals surface area contributed by atoms with Crippen molar-refractivity contribution in [3.05, 3.63) is 59.7 Å². The molecule has 38 heavy (non-hydrogen) atoms. The highest BCUT2D eigenvalue weighted by Gasteiger charge is 2.32. The average molecular weight is 631 g/mol. The van der Waals surface area contributed by atoms with Gasteiger partial charge >= 0.3 is 11.9 Å². The third-order valence-corrected chi connectivity index (χ3v) is 16.4. The molecule has 2 aliphatic heterocycles. The van der Waals surface area contributed by atoms with Crippen LogP contribution in [0.25, 0.3) is 0 Å². The summed E-state index contributed by atoms with van der Waals surface area (Å²) in [6, 6.07) is 9.06. The van der Waals surface area contributed by atoms with E-state index in [0.717, 1.165) is 23.0 Å². The van der Waals surface area contributed by atoms with Crippen molar-refractivity contribution in [1.29, 1.82) is 0 Å². The molecule has 4 nitrogen and oxygen atoms in total. The summed E-state index contributed by atoms with van der Waals surface area (Å²) in [5.74, 6) is 3.48. The molecule has 0 aliphatic carbocycles. The first-order valence-corrected chi connectivity index (χ1v) is 18.7. The Hall–Kier alpha value is -0.260. The van der Waals surface area contributed by atoms with Gasteiger partial charge < -0.3 is 9.47 Å². The van der Waals surface area contributed by atoms with Crippen LogP contribution in [-0.4, -0.2) is 66.8 Å². The van der Waals surface area contributed by atoms with Crippen molar-refractivity contribution >= 4 is 82.5 Å². The van der Waals surface area contributed by atoms with Gasteiger partial charge in [-0.2, -0.15) is 23.5 Å². The molecule has 0 saturated carbocycles. The minimum atomic E-state index is -0.290. The second-order valence-electron chi connectivity index (χ2n) is 9.53. The molecule has 3 rings (SSSR count). The molecule has 0 spiro atoms. The summed E-state index contributed by atoms with van der Waals surface area (Å²) < 4.78 is 11.7. The number of hydrogen-bond acceptors (Lipinski definition) is 10. The van der Waals surface area contributed by atoms with Crippen LogP contribution in [0.5, 0.6) is 0 Å². The van der Waals surface area contributed by atoms with E-state index in [2.05, 4.69) is 51.3 Å². The maximum Gasteiger partial charge on any atom is 0.333 e. The molecule has 0 bridgehead atoms. The predicted molar refractivity (Wildman–Crippen MR) is 175 cm³/mol. The van der Waals surface area contributed by atoms with E-state index in [9.17, 15) is 9.59 Å². The number of benzene rings is 1. The van der Waals surface area contributed by atoms with Gasteiger partial charge in [0.1, 0.15) is 13.2 Å². The summed E-state index contributed by atoms with van der Waals surface area (Å²) in [6.07, 6.45) is 0. The lowest BCUT2D eigenvalue weighted by atomic mass is 10.2. The van der Waals surface area contributed by atoms with Gasteiger partial charge in [0.15, 0.2) is 0 Å². The fraction of sp³-hybridized carbons (Fsp3) is 0.571. The monoisotopic (exact) mass is 630 g/mol. The topological polar surface area (TPSA) is 52.6 Å². The number of carbonyl (C=O) groups excluding carboxylic acids is 2. The van der Waals surface area contributed by atoms with Crippen LogP contribution < -0.4 is 0 Å². The van der Waals surface area contributed by atoms with Crippen molar-refractivity contribution in [2.75, 3.05) is 24.7 Å². The van der Waals surface area contributed by atoms with Gasteiger partial charge in [-0.3, -0.25) is 0 Å². The zero-order valence-corrected chi connectivity index (χ0v) is 27.4. The molecule has 10 heteroatoms. The van der Waals surface area contributed by atoms with Gasteiger partial charge in [0.2, 0.25) is 0 Å². The normalized spacial score (nSPS) is 24.5. The van der Waals surface area contributed by atoms with Crippen LogP contribution in [0.1, 0.15) is 38.8 Å². The summed E-state index contributed by atoms with van der Waals surface area (Å²) in [5.41, 5.74) is 3.64. The quantitative estimate of drug-likeness (QED) is 0.152. The Labute approximate surface area is 253 Å². The lowest BCUT2D eigenvalue weighted by Gasteiger charge is -2.19. The Balaban J connectivity index is 1.32. The highest BCUT2D eigenvalue weighted by molar-refractivity contribution is 8.22. The first-order chi connectivity index (χ1) is 18.1. The van der Waals surface area contributed by atoms with Crippen LogP contribution in [-0.2, 0) is 30.6 Å². The van der Waals surface area contributed by atoms with Crippen molar-refractivity contribution in [3.8, 4) is 0 Å². The molecule has 0 aromatic heterocycles. The molecule has 0 radical (unpaired) electrons. The smallest absolute Gasteiger partial charge is 0.333 e. The summed E-state index contributed by atoms with van der Waals surface area (Å²) >= 11 is 11.8. The number of carbonyl (C=O) groups is 2. The summed E-state index contributed by atoms with van der Waals surface area (Å²) in [4.78, 5) is 23.3. The minimum absolute atomic E-state index is 0.290. The van der Waals surface area contributed by atoms with Gasteiger partial charge in [-0.05, 0) is 25.0 Å². The van der Waals surface area contributed by atoms with Crippen molar-refractivity contribution < 1.29 is 19.1 Å². The van der Waals surface area contributed by atoms with Gasteiger partial charge in [-0.1, -0.05) is 51.3 Å². The van der Waals surface area contributed by atoms with Crippen LogP contribution in [0.3, 0.4) is 0 Å². The number of thioether (sulfide) groups is 6. The van der Waals surface area contributed by atoms with Crippen LogP contribution in [0.2, 0.25) is 0 Å². The number of ether oxygens (including phenoxy) is 2. The van der Waals surface area contributed by atoms with Crippen molar-refractivity contribution in [1.82, 2.24) is 0 Å². The molecular weight excluding hydrogens is 593 g/mol. The van der Waals surface area contributed by atoms with E-state index in [0.29, 0.717) is 54.5 Å². The Morgan fingerprint density at radius 2 is 1.18 bits per heavy atom. The molecule has 2 saturated heterocycles. The van der Waals surface area contributed by atoms with E-state index in [-0.39, 0.29) is 11.9 Å². The van der Waals surface area contributed by atoms with Gasteiger partial charge in [-0.25, -0.2) is 9.59 Å². The molecule has 2 fully saturated rings. The highest BCUT2D eigenvalue weighted by Crippen LogP contribution is 2.45. The molecule has 6 atom stereocenters. The zero-order valence-electron chi connectivity index (χ0n) is 22.5. The van der Waals surface area contributed by atoms with E-state index in [1.54, 1.807) is 13.8 Å².